The Morgan fingerprint density at radius 2 is 1.85 bits per heavy atom. The number of nitrogens with zero attached hydrogens (tertiary/aromatic N) is 2. The van der Waals surface area contributed by atoms with Crippen LogP contribution in [0.3, 0.4) is 0 Å². The van der Waals surface area contributed by atoms with Crippen LogP contribution in [-0.4, -0.2) is 21.1 Å². The molecule has 5 heteroatoms. The quantitative estimate of drug-likeness (QED) is 0.571. The van der Waals surface area contributed by atoms with Gasteiger partial charge in [0.15, 0.2) is 5.65 Å². The highest BCUT2D eigenvalue weighted by Crippen LogP contribution is 2.16. The smallest absolute Gasteiger partial charge is 0.251 e. The van der Waals surface area contributed by atoms with Crippen LogP contribution in [0.15, 0.2) is 66.9 Å². The van der Waals surface area contributed by atoms with Gasteiger partial charge in [0.05, 0.1) is 12.2 Å². The number of H-pyrrole nitrogens is 1. The normalized spacial score (nSPS) is 10.9. The molecular formula is C22H20N4O. The Morgan fingerprint density at radius 3 is 2.70 bits per heavy atom. The molecule has 0 spiro atoms. The van der Waals surface area contributed by atoms with Crippen molar-refractivity contribution in [3.05, 3.63) is 94.8 Å². The summed E-state index contributed by atoms with van der Waals surface area (Å²) in [5, 5.41) is 11.0. The summed E-state index contributed by atoms with van der Waals surface area (Å²) < 4.78 is 0. The molecule has 5 nitrogen and oxygen atoms in total. The van der Waals surface area contributed by atoms with Crippen LogP contribution in [0.1, 0.15) is 32.7 Å². The largest absolute Gasteiger partial charge is 0.346 e. The van der Waals surface area contributed by atoms with Gasteiger partial charge in [-0.2, -0.15) is 5.10 Å². The van der Waals surface area contributed by atoms with Crippen molar-refractivity contribution in [2.75, 3.05) is 0 Å². The van der Waals surface area contributed by atoms with Crippen LogP contribution in [-0.2, 0) is 13.0 Å². The summed E-state index contributed by atoms with van der Waals surface area (Å²) in [5.74, 6) is -0.0932. The fourth-order valence-corrected chi connectivity index (χ4v) is 3.12. The van der Waals surface area contributed by atoms with Gasteiger partial charge < -0.3 is 5.32 Å². The number of hydrogen-bond acceptors (Lipinski definition) is 3. The van der Waals surface area contributed by atoms with Gasteiger partial charge in [0.25, 0.3) is 5.91 Å². The van der Waals surface area contributed by atoms with E-state index in [1.165, 1.54) is 11.1 Å². The Labute approximate surface area is 157 Å². The van der Waals surface area contributed by atoms with Crippen molar-refractivity contribution in [3.63, 3.8) is 0 Å². The van der Waals surface area contributed by atoms with E-state index < -0.39 is 0 Å². The molecule has 0 saturated heterocycles. The molecule has 2 N–H and O–H groups in total. The number of fused-ring (bicyclic) bond motifs is 1. The van der Waals surface area contributed by atoms with E-state index in [-0.39, 0.29) is 5.91 Å². The molecule has 0 aliphatic carbocycles. The summed E-state index contributed by atoms with van der Waals surface area (Å²) in [5.41, 5.74) is 5.62. The SMILES string of the molecule is Cc1ccc(Cc2ccccc2C(=O)NCc2[nH]nc3ncccc23)cc1. The third-order valence-corrected chi connectivity index (χ3v) is 4.61. The van der Waals surface area contributed by atoms with Gasteiger partial charge in [-0.25, -0.2) is 4.98 Å². The minimum absolute atomic E-state index is 0.0932. The average Bonchev–Trinajstić information content (AvgIpc) is 3.11. The van der Waals surface area contributed by atoms with Crippen molar-refractivity contribution in [1.29, 1.82) is 0 Å². The molecule has 4 rings (SSSR count). The highest BCUT2D eigenvalue weighted by molar-refractivity contribution is 5.96. The number of hydrogen-bond donors (Lipinski definition) is 2. The van der Waals surface area contributed by atoms with Gasteiger partial charge in [-0.05, 0) is 42.7 Å². The molecule has 2 aromatic carbocycles. The van der Waals surface area contributed by atoms with Gasteiger partial charge in [-0.3, -0.25) is 9.89 Å². The predicted molar refractivity (Wildman–Crippen MR) is 105 cm³/mol. The van der Waals surface area contributed by atoms with Crippen LogP contribution in [0.4, 0.5) is 0 Å². The van der Waals surface area contributed by atoms with Crippen molar-refractivity contribution < 1.29 is 4.79 Å². The van der Waals surface area contributed by atoms with E-state index in [0.717, 1.165) is 23.1 Å². The maximum atomic E-state index is 12.8. The lowest BCUT2D eigenvalue weighted by Crippen LogP contribution is -2.24. The Balaban J connectivity index is 1.51. The van der Waals surface area contributed by atoms with Crippen molar-refractivity contribution in [3.8, 4) is 0 Å². The Hall–Kier alpha value is -3.47. The monoisotopic (exact) mass is 356 g/mol. The molecule has 1 amide bonds. The number of nitrogens with one attached hydrogen (secondary N) is 2. The number of carbonyl (C=O) groups excluding carboxylic acids is 1. The summed E-state index contributed by atoms with van der Waals surface area (Å²) in [6.07, 6.45) is 2.42. The fraction of sp³-hybridized carbons (Fsp3) is 0.136. The van der Waals surface area contributed by atoms with Gasteiger partial charge in [-0.15, -0.1) is 0 Å². The second-order valence-corrected chi connectivity index (χ2v) is 6.58. The Kier molecular flexibility index (Phi) is 4.66. The molecule has 0 atom stereocenters. The number of amides is 1. The number of carbonyl (C=O) groups is 1. The first kappa shape index (κ1) is 17.0. The highest BCUT2D eigenvalue weighted by atomic mass is 16.1. The summed E-state index contributed by atoms with van der Waals surface area (Å²) >= 11 is 0. The third-order valence-electron chi connectivity index (χ3n) is 4.61. The molecular weight excluding hydrogens is 336 g/mol. The van der Waals surface area contributed by atoms with Crippen LogP contribution in [0, 0.1) is 6.92 Å². The molecule has 0 aliphatic heterocycles. The number of aryl methyl sites for hydroxylation is 1. The fourth-order valence-electron chi connectivity index (χ4n) is 3.12. The zero-order valence-electron chi connectivity index (χ0n) is 15.1. The summed E-state index contributed by atoms with van der Waals surface area (Å²) in [6, 6.07) is 19.9. The number of aromatic amines is 1. The van der Waals surface area contributed by atoms with Crippen molar-refractivity contribution in [2.24, 2.45) is 0 Å². The van der Waals surface area contributed by atoms with E-state index in [4.69, 9.17) is 0 Å². The lowest BCUT2D eigenvalue weighted by molar-refractivity contribution is 0.0950. The van der Waals surface area contributed by atoms with Gasteiger partial charge in [-0.1, -0.05) is 48.0 Å². The van der Waals surface area contributed by atoms with Gasteiger partial charge >= 0.3 is 0 Å². The van der Waals surface area contributed by atoms with Gasteiger partial charge in [0.1, 0.15) is 0 Å². The van der Waals surface area contributed by atoms with Crippen molar-refractivity contribution in [1.82, 2.24) is 20.5 Å². The van der Waals surface area contributed by atoms with Crippen LogP contribution in [0.5, 0.6) is 0 Å². The molecule has 27 heavy (non-hydrogen) atoms. The molecule has 0 fully saturated rings. The molecule has 0 saturated carbocycles. The van der Waals surface area contributed by atoms with E-state index in [2.05, 4.69) is 51.7 Å². The predicted octanol–water partition coefficient (Wildman–Crippen LogP) is 3.79. The lowest BCUT2D eigenvalue weighted by atomic mass is 9.98. The molecule has 4 aromatic rings. The van der Waals surface area contributed by atoms with E-state index in [9.17, 15) is 4.79 Å². The number of pyridine rings is 1. The van der Waals surface area contributed by atoms with Crippen LogP contribution in [0.2, 0.25) is 0 Å². The summed E-state index contributed by atoms with van der Waals surface area (Å²) in [6.45, 7) is 2.44. The second kappa shape index (κ2) is 7.41. The molecule has 0 unspecified atom stereocenters. The molecule has 0 bridgehead atoms. The van der Waals surface area contributed by atoms with Crippen molar-refractivity contribution >= 4 is 16.9 Å². The molecule has 0 aliphatic rings. The maximum absolute atomic E-state index is 12.8. The zero-order chi connectivity index (χ0) is 18.6. The lowest BCUT2D eigenvalue weighted by Gasteiger charge is -2.10. The number of rotatable bonds is 5. The number of benzene rings is 2. The second-order valence-electron chi connectivity index (χ2n) is 6.58. The average molecular weight is 356 g/mol. The van der Waals surface area contributed by atoms with E-state index in [1.54, 1.807) is 6.20 Å². The molecule has 2 aromatic heterocycles. The van der Waals surface area contributed by atoms with Crippen LogP contribution >= 0.6 is 0 Å². The standard InChI is InChI=1S/C22H20N4O/c1-15-8-10-16(11-9-15)13-17-5-2-3-6-18(17)22(27)24-14-20-19-7-4-12-23-21(19)26-25-20/h2-12H,13-14H2,1H3,(H,24,27)(H,23,25,26). The van der Waals surface area contributed by atoms with Crippen LogP contribution in [0.25, 0.3) is 11.0 Å². The summed E-state index contributed by atoms with van der Waals surface area (Å²) in [4.78, 5) is 17.0. The first-order valence-corrected chi connectivity index (χ1v) is 8.90. The first-order valence-electron chi connectivity index (χ1n) is 8.90. The molecule has 2 heterocycles. The van der Waals surface area contributed by atoms with E-state index >= 15 is 0 Å². The first-order chi connectivity index (χ1) is 13.2. The van der Waals surface area contributed by atoms with Crippen LogP contribution < -0.4 is 5.32 Å². The van der Waals surface area contributed by atoms with Gasteiger partial charge in [0.2, 0.25) is 0 Å². The Morgan fingerprint density at radius 1 is 1.04 bits per heavy atom. The molecule has 0 radical (unpaired) electrons. The minimum atomic E-state index is -0.0932. The summed E-state index contributed by atoms with van der Waals surface area (Å²) in [7, 11) is 0. The third kappa shape index (κ3) is 3.72. The maximum Gasteiger partial charge on any atom is 0.251 e. The zero-order valence-corrected chi connectivity index (χ0v) is 15.1. The van der Waals surface area contributed by atoms with E-state index in [0.29, 0.717) is 17.8 Å². The number of aromatic nitrogens is 3. The highest BCUT2D eigenvalue weighted by Gasteiger charge is 2.13. The minimum Gasteiger partial charge on any atom is -0.346 e. The van der Waals surface area contributed by atoms with Crippen molar-refractivity contribution in [2.45, 2.75) is 19.9 Å². The topological polar surface area (TPSA) is 70.7 Å². The van der Waals surface area contributed by atoms with E-state index in [1.807, 2.05) is 36.4 Å². The van der Waals surface area contributed by atoms with Gasteiger partial charge in [0, 0.05) is 17.1 Å². The molecule has 134 valence electrons. The Bertz CT molecular complexity index is 1080.